The number of aryl methyl sites for hydroxylation is 4. The van der Waals surface area contributed by atoms with Crippen LogP contribution in [0, 0.1) is 0 Å². The second kappa shape index (κ2) is 20.1. The Morgan fingerprint density at radius 3 is 1.00 bits per heavy atom. The minimum Gasteiger partial charge on any atom is -0.466 e. The lowest BCUT2D eigenvalue weighted by Crippen LogP contribution is -2.06. The normalized spacial score (nSPS) is 11.3. The molecular weight excluding hydrogens is 791 g/mol. The fourth-order valence-electron chi connectivity index (χ4n) is 8.01. The second-order valence-electron chi connectivity index (χ2n) is 14.5. The lowest BCUT2D eigenvalue weighted by Gasteiger charge is -2.23. The first-order valence-electron chi connectivity index (χ1n) is 20.0. The van der Waals surface area contributed by atoms with E-state index in [9.17, 15) is 19.2 Å². The summed E-state index contributed by atoms with van der Waals surface area (Å²) in [6.45, 7) is 6.63. The van der Waals surface area contributed by atoms with Gasteiger partial charge in [-0.15, -0.1) is 0 Å². The first-order valence-corrected chi connectivity index (χ1v) is 20.7. The van der Waals surface area contributed by atoms with E-state index < -0.39 is 0 Å². The van der Waals surface area contributed by atoms with Crippen LogP contribution >= 0.6 is 23.2 Å². The van der Waals surface area contributed by atoms with Gasteiger partial charge in [-0.3, -0.25) is 19.2 Å². The molecule has 0 saturated carbocycles. The van der Waals surface area contributed by atoms with Crippen LogP contribution in [0.25, 0.3) is 43.1 Å². The zero-order chi connectivity index (χ0) is 42.1. The first kappa shape index (κ1) is 43.2. The van der Waals surface area contributed by atoms with E-state index in [0.29, 0.717) is 72.9 Å². The van der Waals surface area contributed by atoms with Gasteiger partial charge in [0.2, 0.25) is 0 Å². The molecule has 308 valence electrons. The molecule has 59 heavy (non-hydrogen) atoms. The highest BCUT2D eigenvalue weighted by Gasteiger charge is 2.24. The van der Waals surface area contributed by atoms with Crippen molar-refractivity contribution in [3.8, 4) is 11.5 Å². The zero-order valence-corrected chi connectivity index (χ0v) is 35.4. The molecule has 0 spiro atoms. The van der Waals surface area contributed by atoms with Crippen molar-refractivity contribution >= 4 is 90.2 Å². The van der Waals surface area contributed by atoms with E-state index >= 15 is 0 Å². The monoisotopic (exact) mass is 838 g/mol. The van der Waals surface area contributed by atoms with Gasteiger partial charge in [0, 0.05) is 38.5 Å². The number of rotatable bonds is 18. The van der Waals surface area contributed by atoms with Crippen LogP contribution in [-0.4, -0.2) is 50.3 Å². The van der Waals surface area contributed by atoms with Gasteiger partial charge in [-0.2, -0.15) is 0 Å². The van der Waals surface area contributed by atoms with Crippen molar-refractivity contribution in [2.45, 2.75) is 79.1 Å². The molecule has 0 heterocycles. The molecule has 0 unspecified atom stereocenters. The van der Waals surface area contributed by atoms with Crippen LogP contribution in [0.3, 0.4) is 0 Å². The summed E-state index contributed by atoms with van der Waals surface area (Å²) < 4.78 is 28.6. The van der Waals surface area contributed by atoms with Gasteiger partial charge >= 0.3 is 23.9 Å². The average Bonchev–Trinajstić information content (AvgIpc) is 3.20. The number of ether oxygens (including phenoxy) is 5. The van der Waals surface area contributed by atoms with Crippen LogP contribution in [0.4, 0.5) is 0 Å². The predicted molar refractivity (Wildman–Crippen MR) is 233 cm³/mol. The van der Waals surface area contributed by atoms with E-state index in [-0.39, 0.29) is 50.3 Å². The van der Waals surface area contributed by atoms with E-state index in [1.165, 1.54) is 27.7 Å². The van der Waals surface area contributed by atoms with Crippen molar-refractivity contribution in [3.05, 3.63) is 105 Å². The Balaban J connectivity index is 1.61. The molecule has 0 radical (unpaired) electrons. The fourth-order valence-corrected chi connectivity index (χ4v) is 8.41. The summed E-state index contributed by atoms with van der Waals surface area (Å²) in [5.41, 5.74) is 4.09. The van der Waals surface area contributed by atoms with Crippen molar-refractivity contribution in [3.63, 3.8) is 0 Å². The van der Waals surface area contributed by atoms with Crippen LogP contribution in [0.15, 0.2) is 72.8 Å². The van der Waals surface area contributed by atoms with Gasteiger partial charge in [-0.1, -0.05) is 83.9 Å². The van der Waals surface area contributed by atoms with Crippen molar-refractivity contribution in [2.75, 3.05) is 26.4 Å². The van der Waals surface area contributed by atoms with Crippen LogP contribution in [-0.2, 0) is 63.8 Å². The van der Waals surface area contributed by atoms with Crippen LogP contribution < -0.4 is 4.74 Å². The number of halogens is 2. The van der Waals surface area contributed by atoms with Gasteiger partial charge < -0.3 is 23.7 Å². The van der Waals surface area contributed by atoms with Gasteiger partial charge in [0.25, 0.3) is 0 Å². The molecule has 9 nitrogen and oxygen atoms in total. The molecule has 0 bridgehead atoms. The molecule has 0 amide bonds. The fraction of sp³-hybridized carbons (Fsp3) is 0.333. The van der Waals surface area contributed by atoms with Crippen LogP contribution in [0.2, 0.25) is 10.0 Å². The summed E-state index contributed by atoms with van der Waals surface area (Å²) in [4.78, 5) is 46.8. The summed E-state index contributed by atoms with van der Waals surface area (Å²) in [6.07, 6.45) is 4.64. The molecule has 0 fully saturated rings. The van der Waals surface area contributed by atoms with Gasteiger partial charge in [-0.25, -0.2) is 0 Å². The molecule has 0 N–H and O–H groups in total. The van der Waals surface area contributed by atoms with E-state index in [1.807, 2.05) is 48.5 Å². The van der Waals surface area contributed by atoms with E-state index in [1.54, 1.807) is 0 Å². The number of carbonyl (C=O) groups is 4. The topological polar surface area (TPSA) is 114 Å². The molecule has 11 heteroatoms. The summed E-state index contributed by atoms with van der Waals surface area (Å²) >= 11 is 14.4. The lowest BCUT2D eigenvalue weighted by molar-refractivity contribution is -0.142. The molecule has 0 aliphatic carbocycles. The van der Waals surface area contributed by atoms with Gasteiger partial charge in [0.15, 0.2) is 11.5 Å². The maximum Gasteiger partial charge on any atom is 0.302 e. The Hall–Kier alpha value is -5.38. The summed E-state index contributed by atoms with van der Waals surface area (Å²) in [6, 6.07) is 24.0. The third-order valence-corrected chi connectivity index (χ3v) is 10.9. The molecule has 0 aliphatic rings. The average molecular weight is 840 g/mol. The largest absolute Gasteiger partial charge is 0.466 e. The zero-order valence-electron chi connectivity index (χ0n) is 33.8. The Kier molecular flexibility index (Phi) is 14.7. The van der Waals surface area contributed by atoms with Crippen molar-refractivity contribution in [1.82, 2.24) is 0 Å². The van der Waals surface area contributed by atoms with E-state index in [4.69, 9.17) is 46.9 Å². The Bertz CT molecular complexity index is 2370. The standard InChI is InChI=1S/C48H48Cl2O9/c1-29(51)55-25-9-17-37-33-13-5-7-15-35(33)39(19-11-27-57-31(3)53)45-41(37)21-23-43(49)47(45)59-48-44(50)24-22-42-38(18-10-26-56-30(2)52)34-14-6-8-16-36(34)40(46(42)48)20-12-28-58-32(4)54/h5-8,13-16,21-24H,9-12,17-20,25-28H2,1-4H3. The minimum absolute atomic E-state index is 0.241. The summed E-state index contributed by atoms with van der Waals surface area (Å²) in [5, 5.41) is 8.39. The molecular formula is C48H48Cl2O9. The molecule has 0 aliphatic heterocycles. The number of esters is 4. The quantitative estimate of drug-likeness (QED) is 0.0361. The molecule has 0 saturated heterocycles. The highest BCUT2D eigenvalue weighted by molar-refractivity contribution is 6.35. The smallest absolute Gasteiger partial charge is 0.302 e. The molecule has 0 atom stereocenters. The van der Waals surface area contributed by atoms with Crippen molar-refractivity contribution < 1.29 is 42.9 Å². The Morgan fingerprint density at radius 1 is 0.407 bits per heavy atom. The second-order valence-corrected chi connectivity index (χ2v) is 15.3. The van der Waals surface area contributed by atoms with Crippen molar-refractivity contribution in [1.29, 1.82) is 0 Å². The maximum absolute atomic E-state index is 11.7. The van der Waals surface area contributed by atoms with E-state index in [0.717, 1.165) is 65.3 Å². The molecule has 0 aromatic heterocycles. The van der Waals surface area contributed by atoms with E-state index in [2.05, 4.69) is 24.3 Å². The number of hydrogen-bond acceptors (Lipinski definition) is 9. The maximum atomic E-state index is 11.7. The molecule has 6 aromatic carbocycles. The highest BCUT2D eigenvalue weighted by atomic mass is 35.5. The van der Waals surface area contributed by atoms with Crippen LogP contribution in [0.1, 0.15) is 75.6 Å². The Morgan fingerprint density at radius 2 is 0.695 bits per heavy atom. The van der Waals surface area contributed by atoms with Gasteiger partial charge in [0.05, 0.1) is 36.5 Å². The van der Waals surface area contributed by atoms with Gasteiger partial charge in [0.1, 0.15) is 0 Å². The third-order valence-electron chi connectivity index (χ3n) is 10.3. The summed E-state index contributed by atoms with van der Waals surface area (Å²) in [7, 11) is 0. The molecule has 6 rings (SSSR count). The lowest BCUT2D eigenvalue weighted by atomic mass is 9.87. The number of benzene rings is 6. The first-order chi connectivity index (χ1) is 28.5. The number of carbonyl (C=O) groups excluding carboxylic acids is 4. The number of fused-ring (bicyclic) bond motifs is 4. The molecule has 6 aromatic rings. The predicted octanol–water partition coefficient (Wildman–Crippen LogP) is 11.4. The van der Waals surface area contributed by atoms with Crippen LogP contribution in [0.5, 0.6) is 11.5 Å². The third kappa shape index (κ3) is 10.3. The summed E-state index contributed by atoms with van der Waals surface area (Å²) in [5.74, 6) is -0.483. The SMILES string of the molecule is CC(=O)OCCCc1c2ccccc2c(CCCOC(C)=O)c2c(Oc3c(Cl)ccc4c(CCCOC(C)=O)c5ccccc5c(CCCOC(C)=O)c34)c(Cl)ccc12. The number of hydrogen-bond donors (Lipinski definition) is 0. The van der Waals surface area contributed by atoms with Gasteiger partial charge in [-0.05, 0) is 118 Å². The highest BCUT2D eigenvalue weighted by Crippen LogP contribution is 2.49. The minimum atomic E-state index is -0.345. The van der Waals surface area contributed by atoms with Crippen molar-refractivity contribution in [2.24, 2.45) is 0 Å². The Labute approximate surface area is 353 Å².